The standard InChI is InChI=1S/C20H18ClN5O5/c1-2-20(11-30-19(28)29-10-12-4-7-23-14(27)9-12)6-3-15(31-20)26-8-5-13-16(22)24-18(21)25-17(13)26/h1,4-5,7-9,15H,3,6,10-11H2,(H,23,27)(H2,22,24,25)/t15-,20+/m1/s1. The number of anilines is 1. The number of pyridine rings is 1. The first-order valence-electron chi connectivity index (χ1n) is 9.31. The van der Waals surface area contributed by atoms with Crippen LogP contribution in [0.25, 0.3) is 11.0 Å². The van der Waals surface area contributed by atoms with Crippen molar-refractivity contribution in [3.8, 4) is 12.3 Å². The fourth-order valence-electron chi connectivity index (χ4n) is 3.38. The minimum atomic E-state index is -1.12. The summed E-state index contributed by atoms with van der Waals surface area (Å²) in [6.45, 7) is -0.294. The van der Waals surface area contributed by atoms with Crippen LogP contribution in [0.4, 0.5) is 10.6 Å². The van der Waals surface area contributed by atoms with Crippen molar-refractivity contribution in [1.82, 2.24) is 19.5 Å². The van der Waals surface area contributed by atoms with E-state index in [4.69, 9.17) is 38.0 Å². The molecule has 1 saturated heterocycles. The molecule has 0 saturated carbocycles. The number of terminal acetylenes is 1. The third-order valence-electron chi connectivity index (χ3n) is 4.92. The second-order valence-corrected chi connectivity index (χ2v) is 7.31. The van der Waals surface area contributed by atoms with Crippen molar-refractivity contribution in [1.29, 1.82) is 0 Å². The summed E-state index contributed by atoms with van der Waals surface area (Å²) in [6, 6.07) is 4.71. The van der Waals surface area contributed by atoms with E-state index in [0.717, 1.165) is 0 Å². The average molecular weight is 444 g/mol. The molecule has 4 heterocycles. The number of nitrogen functional groups attached to an aromatic ring is 1. The number of carbonyl (C=O) groups is 1. The molecule has 31 heavy (non-hydrogen) atoms. The van der Waals surface area contributed by atoms with Crippen LogP contribution in [-0.2, 0) is 20.8 Å². The Kier molecular flexibility index (Phi) is 5.54. The summed E-state index contributed by atoms with van der Waals surface area (Å²) in [7, 11) is 0. The topological polar surface area (TPSA) is 134 Å². The lowest BCUT2D eigenvalue weighted by molar-refractivity contribution is -0.0736. The number of halogens is 1. The Morgan fingerprint density at radius 1 is 1.45 bits per heavy atom. The Labute approximate surface area is 181 Å². The van der Waals surface area contributed by atoms with E-state index in [-0.39, 0.29) is 29.9 Å². The molecular formula is C20H18ClN5O5. The number of fused-ring (bicyclic) bond motifs is 1. The van der Waals surface area contributed by atoms with E-state index >= 15 is 0 Å². The van der Waals surface area contributed by atoms with Gasteiger partial charge in [0.05, 0.1) is 5.39 Å². The van der Waals surface area contributed by atoms with E-state index in [1.165, 1.54) is 12.3 Å². The Hall–Kier alpha value is -3.55. The highest BCUT2D eigenvalue weighted by Gasteiger charge is 2.41. The number of ether oxygens (including phenoxy) is 3. The molecule has 0 bridgehead atoms. The van der Waals surface area contributed by atoms with Crippen LogP contribution in [0.1, 0.15) is 24.6 Å². The predicted octanol–water partition coefficient (Wildman–Crippen LogP) is 2.39. The van der Waals surface area contributed by atoms with Gasteiger partial charge in [-0.3, -0.25) is 4.79 Å². The number of H-pyrrole nitrogens is 1. The smallest absolute Gasteiger partial charge is 0.430 e. The SMILES string of the molecule is C#C[C@@]1(COC(=O)OCc2cc[nH]c(=O)c2)CC[C@H](n2ccc3c(N)nc(Cl)nc32)O1. The minimum absolute atomic E-state index is 0.0256. The van der Waals surface area contributed by atoms with Crippen molar-refractivity contribution in [2.45, 2.75) is 31.3 Å². The summed E-state index contributed by atoms with van der Waals surface area (Å²) in [6.07, 6.45) is 8.56. The van der Waals surface area contributed by atoms with Crippen molar-refractivity contribution in [3.05, 3.63) is 51.8 Å². The highest BCUT2D eigenvalue weighted by atomic mass is 35.5. The number of hydrogen-bond donors (Lipinski definition) is 2. The van der Waals surface area contributed by atoms with Crippen LogP contribution in [0.5, 0.6) is 0 Å². The van der Waals surface area contributed by atoms with Crippen LogP contribution in [0.2, 0.25) is 5.28 Å². The van der Waals surface area contributed by atoms with Crippen LogP contribution in [-0.4, -0.2) is 37.9 Å². The lowest BCUT2D eigenvalue weighted by atomic mass is 10.0. The lowest BCUT2D eigenvalue weighted by Gasteiger charge is -2.23. The zero-order valence-corrected chi connectivity index (χ0v) is 17.0. The van der Waals surface area contributed by atoms with Crippen LogP contribution >= 0.6 is 11.6 Å². The van der Waals surface area contributed by atoms with Crippen LogP contribution < -0.4 is 11.3 Å². The molecule has 1 aliphatic heterocycles. The number of nitrogens with one attached hydrogen (secondary N) is 1. The Balaban J connectivity index is 1.40. The van der Waals surface area contributed by atoms with Crippen molar-refractivity contribution in [2.24, 2.45) is 0 Å². The van der Waals surface area contributed by atoms with E-state index in [2.05, 4.69) is 20.9 Å². The first kappa shape index (κ1) is 20.7. The number of nitrogens with zero attached hydrogens (tertiary/aromatic N) is 3. The van der Waals surface area contributed by atoms with Crippen LogP contribution in [0, 0.1) is 12.3 Å². The van der Waals surface area contributed by atoms with Gasteiger partial charge in [-0.1, -0.05) is 5.92 Å². The van der Waals surface area contributed by atoms with Gasteiger partial charge in [-0.05, 0) is 42.1 Å². The van der Waals surface area contributed by atoms with E-state index in [1.807, 2.05) is 0 Å². The number of rotatable bonds is 5. The van der Waals surface area contributed by atoms with E-state index in [9.17, 15) is 9.59 Å². The molecule has 11 heteroatoms. The van der Waals surface area contributed by atoms with Gasteiger partial charge in [0.2, 0.25) is 10.8 Å². The van der Waals surface area contributed by atoms with Gasteiger partial charge in [-0.15, -0.1) is 6.42 Å². The second-order valence-electron chi connectivity index (χ2n) is 6.98. The molecule has 0 aromatic carbocycles. The third-order valence-corrected chi connectivity index (χ3v) is 5.09. The normalized spacial score (nSPS) is 20.5. The summed E-state index contributed by atoms with van der Waals surface area (Å²) >= 11 is 5.93. The number of carbonyl (C=O) groups excluding carboxylic acids is 1. The van der Waals surface area contributed by atoms with Gasteiger partial charge in [-0.25, -0.2) is 9.78 Å². The highest BCUT2D eigenvalue weighted by molar-refractivity contribution is 6.28. The van der Waals surface area contributed by atoms with Gasteiger partial charge in [0.15, 0.2) is 5.60 Å². The monoisotopic (exact) mass is 443 g/mol. The third kappa shape index (κ3) is 4.33. The molecule has 3 aromatic heterocycles. The zero-order chi connectivity index (χ0) is 22.0. The number of aromatic nitrogens is 4. The largest absolute Gasteiger partial charge is 0.508 e. The summed E-state index contributed by atoms with van der Waals surface area (Å²) in [5.41, 5.74) is 5.54. The Bertz CT molecular complexity index is 1230. The Morgan fingerprint density at radius 2 is 2.29 bits per heavy atom. The summed E-state index contributed by atoms with van der Waals surface area (Å²) in [4.78, 5) is 33.9. The summed E-state index contributed by atoms with van der Waals surface area (Å²) < 4.78 is 18.0. The molecular weight excluding hydrogens is 426 g/mol. The van der Waals surface area contributed by atoms with E-state index in [0.29, 0.717) is 29.4 Å². The predicted molar refractivity (Wildman–Crippen MR) is 111 cm³/mol. The molecule has 0 amide bonds. The van der Waals surface area contributed by atoms with Gasteiger partial charge >= 0.3 is 6.16 Å². The quantitative estimate of drug-likeness (QED) is 0.348. The molecule has 3 N–H and O–H groups in total. The molecule has 2 atom stereocenters. The molecule has 1 aliphatic rings. The van der Waals surface area contributed by atoms with Gasteiger partial charge < -0.3 is 29.5 Å². The molecule has 0 aliphatic carbocycles. The first-order chi connectivity index (χ1) is 14.9. The number of nitrogens with two attached hydrogens (primary N) is 1. The zero-order valence-electron chi connectivity index (χ0n) is 16.2. The Morgan fingerprint density at radius 3 is 3.06 bits per heavy atom. The van der Waals surface area contributed by atoms with E-state index < -0.39 is 18.0 Å². The molecule has 0 spiro atoms. The fraction of sp³-hybridized carbons (Fsp3) is 0.300. The average Bonchev–Trinajstić information content (AvgIpc) is 3.36. The minimum Gasteiger partial charge on any atom is -0.430 e. The maximum absolute atomic E-state index is 12.0. The molecule has 3 aromatic rings. The first-order valence-corrected chi connectivity index (χ1v) is 9.69. The van der Waals surface area contributed by atoms with Gasteiger partial charge in [0.25, 0.3) is 0 Å². The number of aromatic amines is 1. The molecule has 0 unspecified atom stereocenters. The second kappa shape index (κ2) is 8.29. The van der Waals surface area contributed by atoms with E-state index in [1.54, 1.807) is 22.9 Å². The van der Waals surface area contributed by atoms with Gasteiger partial charge in [0, 0.05) is 18.5 Å². The molecule has 4 rings (SSSR count). The van der Waals surface area contributed by atoms with Crippen molar-refractivity contribution in [2.75, 3.05) is 12.3 Å². The maximum atomic E-state index is 12.0. The molecule has 1 fully saturated rings. The lowest BCUT2D eigenvalue weighted by Crippen LogP contribution is -2.34. The van der Waals surface area contributed by atoms with Crippen molar-refractivity contribution < 1.29 is 19.0 Å². The maximum Gasteiger partial charge on any atom is 0.508 e. The molecule has 160 valence electrons. The van der Waals surface area contributed by atoms with Crippen molar-refractivity contribution in [3.63, 3.8) is 0 Å². The van der Waals surface area contributed by atoms with Gasteiger partial charge in [0.1, 0.15) is 30.9 Å². The molecule has 10 nitrogen and oxygen atoms in total. The van der Waals surface area contributed by atoms with Gasteiger partial charge in [-0.2, -0.15) is 4.98 Å². The highest BCUT2D eigenvalue weighted by Crippen LogP contribution is 2.38. The molecule has 0 radical (unpaired) electrons. The summed E-state index contributed by atoms with van der Waals surface area (Å²) in [5, 5.41) is 0.670. The summed E-state index contributed by atoms with van der Waals surface area (Å²) in [5.74, 6) is 2.84. The van der Waals surface area contributed by atoms with Crippen molar-refractivity contribution >= 4 is 34.6 Å². The number of hydrogen-bond acceptors (Lipinski definition) is 8. The van der Waals surface area contributed by atoms with Crippen LogP contribution in [0.3, 0.4) is 0 Å². The van der Waals surface area contributed by atoms with Crippen LogP contribution in [0.15, 0.2) is 35.4 Å². The fourth-order valence-corrected chi connectivity index (χ4v) is 3.56.